The second-order valence-electron chi connectivity index (χ2n) is 4.83. The molecule has 2 rings (SSSR count). The lowest BCUT2D eigenvalue weighted by molar-refractivity contribution is -0.121. The highest BCUT2D eigenvalue weighted by Gasteiger charge is 2.11. The number of carbonyl (C=O) groups excluding carboxylic acids is 1. The van der Waals surface area contributed by atoms with Gasteiger partial charge in [-0.15, -0.1) is 11.3 Å². The summed E-state index contributed by atoms with van der Waals surface area (Å²) in [5.41, 5.74) is 0. The summed E-state index contributed by atoms with van der Waals surface area (Å²) >= 11 is 1.75. The molecule has 3 nitrogen and oxygen atoms in total. The van der Waals surface area contributed by atoms with Crippen molar-refractivity contribution < 1.29 is 4.79 Å². The Morgan fingerprint density at radius 2 is 2.17 bits per heavy atom. The van der Waals surface area contributed by atoms with Gasteiger partial charge >= 0.3 is 0 Å². The van der Waals surface area contributed by atoms with E-state index in [1.807, 2.05) is 0 Å². The van der Waals surface area contributed by atoms with E-state index in [9.17, 15) is 4.79 Å². The molecule has 18 heavy (non-hydrogen) atoms. The van der Waals surface area contributed by atoms with Crippen molar-refractivity contribution in [1.29, 1.82) is 0 Å². The van der Waals surface area contributed by atoms with Crippen LogP contribution in [0.5, 0.6) is 0 Å². The molecule has 2 heterocycles. The number of amides is 1. The summed E-state index contributed by atoms with van der Waals surface area (Å²) in [5.74, 6) is 0.192. The van der Waals surface area contributed by atoms with E-state index < -0.39 is 0 Å². The molecule has 0 aliphatic carbocycles. The van der Waals surface area contributed by atoms with Gasteiger partial charge in [0, 0.05) is 24.4 Å². The first kappa shape index (κ1) is 13.6. The highest BCUT2D eigenvalue weighted by molar-refractivity contribution is 7.09. The van der Waals surface area contributed by atoms with Gasteiger partial charge < -0.3 is 10.2 Å². The minimum Gasteiger partial charge on any atom is -0.356 e. The highest BCUT2D eigenvalue weighted by atomic mass is 32.1. The summed E-state index contributed by atoms with van der Waals surface area (Å²) < 4.78 is 0. The zero-order valence-corrected chi connectivity index (χ0v) is 11.7. The van der Waals surface area contributed by atoms with Gasteiger partial charge in [0.2, 0.25) is 5.91 Å². The first-order chi connectivity index (χ1) is 8.84. The van der Waals surface area contributed by atoms with Gasteiger partial charge in [0.05, 0.1) is 0 Å². The molecule has 0 spiro atoms. The Balaban J connectivity index is 1.54. The van der Waals surface area contributed by atoms with Crippen molar-refractivity contribution >= 4 is 17.2 Å². The van der Waals surface area contributed by atoms with Crippen LogP contribution < -0.4 is 5.32 Å². The van der Waals surface area contributed by atoms with Crippen LogP contribution in [0.1, 0.15) is 30.6 Å². The fraction of sp³-hybridized carbons (Fsp3) is 0.643. The Kier molecular flexibility index (Phi) is 5.68. The molecule has 1 fully saturated rings. The lowest BCUT2D eigenvalue weighted by Gasteiger charge is -2.25. The summed E-state index contributed by atoms with van der Waals surface area (Å²) in [6, 6.07) is 4.17. The minimum absolute atomic E-state index is 0.192. The molecule has 0 radical (unpaired) electrons. The van der Waals surface area contributed by atoms with Crippen LogP contribution in [-0.4, -0.2) is 37.0 Å². The maximum absolute atomic E-state index is 11.7. The number of nitrogens with zero attached hydrogens (tertiary/aromatic N) is 1. The fourth-order valence-electron chi connectivity index (χ4n) is 2.31. The Labute approximate surface area is 113 Å². The van der Waals surface area contributed by atoms with Crippen molar-refractivity contribution in [3.63, 3.8) is 0 Å². The van der Waals surface area contributed by atoms with Crippen LogP contribution in [0.15, 0.2) is 17.5 Å². The van der Waals surface area contributed by atoms with Crippen LogP contribution in [-0.2, 0) is 11.2 Å². The van der Waals surface area contributed by atoms with E-state index in [4.69, 9.17) is 0 Å². The van der Waals surface area contributed by atoms with E-state index in [0.29, 0.717) is 6.42 Å². The smallest absolute Gasteiger partial charge is 0.221 e. The minimum atomic E-state index is 0.192. The quantitative estimate of drug-likeness (QED) is 0.857. The molecule has 1 aliphatic rings. The molecule has 1 aromatic rings. The van der Waals surface area contributed by atoms with Crippen LogP contribution in [0.2, 0.25) is 0 Å². The lowest BCUT2D eigenvalue weighted by Crippen LogP contribution is -2.34. The Morgan fingerprint density at radius 3 is 2.89 bits per heavy atom. The van der Waals surface area contributed by atoms with Gasteiger partial charge in [-0.1, -0.05) is 12.5 Å². The second kappa shape index (κ2) is 7.54. The fourth-order valence-corrected chi connectivity index (χ4v) is 3.02. The van der Waals surface area contributed by atoms with Crippen LogP contribution in [0.3, 0.4) is 0 Å². The average molecular weight is 266 g/mol. The van der Waals surface area contributed by atoms with Gasteiger partial charge in [0.25, 0.3) is 0 Å². The number of piperidine rings is 1. The molecule has 1 N–H and O–H groups in total. The zero-order valence-electron chi connectivity index (χ0n) is 10.9. The van der Waals surface area contributed by atoms with Crippen molar-refractivity contribution in [2.45, 2.75) is 32.1 Å². The third-order valence-corrected chi connectivity index (χ3v) is 4.31. The molecule has 0 saturated carbocycles. The summed E-state index contributed by atoms with van der Waals surface area (Å²) in [4.78, 5) is 15.4. The zero-order chi connectivity index (χ0) is 12.6. The monoisotopic (exact) mass is 266 g/mol. The first-order valence-corrected chi connectivity index (χ1v) is 7.74. The molecule has 1 aromatic heterocycles. The van der Waals surface area contributed by atoms with Crippen molar-refractivity contribution in [3.8, 4) is 0 Å². The molecular weight excluding hydrogens is 244 g/mol. The number of likely N-dealkylation sites (tertiary alicyclic amines) is 1. The van der Waals surface area contributed by atoms with Gasteiger partial charge in [-0.25, -0.2) is 0 Å². The number of thiophene rings is 1. The average Bonchev–Trinajstić information content (AvgIpc) is 2.91. The molecular formula is C14H22N2OS. The number of nitrogens with one attached hydrogen (secondary N) is 1. The molecule has 100 valence electrons. The number of carbonyl (C=O) groups is 1. The van der Waals surface area contributed by atoms with E-state index in [1.165, 1.54) is 37.2 Å². The van der Waals surface area contributed by atoms with Gasteiger partial charge in [0.15, 0.2) is 0 Å². The predicted octanol–water partition coefficient (Wildman–Crippen LogP) is 2.28. The SMILES string of the molecule is O=C(CCN1CCCCC1)NCCc1cccs1. The van der Waals surface area contributed by atoms with Gasteiger partial charge in [-0.05, 0) is 43.8 Å². The molecule has 4 heteroatoms. The van der Waals surface area contributed by atoms with Crippen LogP contribution >= 0.6 is 11.3 Å². The van der Waals surface area contributed by atoms with Gasteiger partial charge in [-0.3, -0.25) is 4.79 Å². The third-order valence-electron chi connectivity index (χ3n) is 3.38. The second-order valence-corrected chi connectivity index (χ2v) is 5.86. The van der Waals surface area contributed by atoms with Gasteiger partial charge in [0.1, 0.15) is 0 Å². The Morgan fingerprint density at radius 1 is 1.33 bits per heavy atom. The van der Waals surface area contributed by atoms with E-state index in [2.05, 4.69) is 27.7 Å². The number of hydrogen-bond donors (Lipinski definition) is 1. The molecule has 1 aliphatic heterocycles. The maximum atomic E-state index is 11.7. The molecule has 0 atom stereocenters. The number of hydrogen-bond acceptors (Lipinski definition) is 3. The molecule has 0 bridgehead atoms. The van der Waals surface area contributed by atoms with E-state index in [0.717, 1.165) is 19.5 Å². The third kappa shape index (κ3) is 4.78. The summed E-state index contributed by atoms with van der Waals surface area (Å²) in [6.45, 7) is 4.02. The first-order valence-electron chi connectivity index (χ1n) is 6.86. The van der Waals surface area contributed by atoms with Crippen molar-refractivity contribution in [2.75, 3.05) is 26.2 Å². The van der Waals surface area contributed by atoms with Gasteiger partial charge in [-0.2, -0.15) is 0 Å². The van der Waals surface area contributed by atoms with Crippen LogP contribution in [0.25, 0.3) is 0 Å². The lowest BCUT2D eigenvalue weighted by atomic mass is 10.1. The Hall–Kier alpha value is -0.870. The summed E-state index contributed by atoms with van der Waals surface area (Å²) in [6.07, 6.45) is 5.53. The number of rotatable bonds is 6. The van der Waals surface area contributed by atoms with Crippen LogP contribution in [0, 0.1) is 0 Å². The van der Waals surface area contributed by atoms with Crippen LogP contribution in [0.4, 0.5) is 0 Å². The molecule has 1 amide bonds. The van der Waals surface area contributed by atoms with Crippen molar-refractivity contribution in [1.82, 2.24) is 10.2 Å². The van der Waals surface area contributed by atoms with E-state index >= 15 is 0 Å². The normalized spacial score (nSPS) is 16.7. The largest absolute Gasteiger partial charge is 0.356 e. The topological polar surface area (TPSA) is 32.3 Å². The van der Waals surface area contributed by atoms with Crippen molar-refractivity contribution in [2.24, 2.45) is 0 Å². The predicted molar refractivity (Wildman–Crippen MR) is 75.9 cm³/mol. The molecule has 0 unspecified atom stereocenters. The molecule has 0 aromatic carbocycles. The van der Waals surface area contributed by atoms with E-state index in [-0.39, 0.29) is 5.91 Å². The standard InChI is InChI=1S/C14H22N2OS/c17-14(7-11-16-9-2-1-3-10-16)15-8-6-13-5-4-12-18-13/h4-5,12H,1-3,6-11H2,(H,15,17). The highest BCUT2D eigenvalue weighted by Crippen LogP contribution is 2.09. The van der Waals surface area contributed by atoms with Crippen molar-refractivity contribution in [3.05, 3.63) is 22.4 Å². The molecule has 1 saturated heterocycles. The maximum Gasteiger partial charge on any atom is 0.221 e. The Bertz CT molecular complexity index is 345. The summed E-state index contributed by atoms with van der Waals surface area (Å²) in [7, 11) is 0. The van der Waals surface area contributed by atoms with E-state index in [1.54, 1.807) is 11.3 Å². The summed E-state index contributed by atoms with van der Waals surface area (Å²) in [5, 5.41) is 5.08.